The van der Waals surface area contributed by atoms with Crippen molar-refractivity contribution in [2.75, 3.05) is 0 Å². The molecule has 1 unspecified atom stereocenters. The summed E-state index contributed by atoms with van der Waals surface area (Å²) in [5, 5.41) is 20.3. The third-order valence-corrected chi connectivity index (χ3v) is 5.73. The van der Waals surface area contributed by atoms with Crippen molar-refractivity contribution in [2.24, 2.45) is 0 Å². The van der Waals surface area contributed by atoms with Crippen LogP contribution in [0.15, 0.2) is 42.5 Å². The fraction of sp³-hybridized carbons (Fsp3) is 0.417. The lowest BCUT2D eigenvalue weighted by atomic mass is 9.70. The first-order valence-corrected chi connectivity index (χ1v) is 9.47. The van der Waals surface area contributed by atoms with Crippen molar-refractivity contribution in [3.63, 3.8) is 0 Å². The third-order valence-electron chi connectivity index (χ3n) is 5.73. The van der Waals surface area contributed by atoms with Gasteiger partial charge in [0.15, 0.2) is 0 Å². The van der Waals surface area contributed by atoms with E-state index in [1.165, 1.54) is 11.1 Å². The normalized spacial score (nSPS) is 19.4. The van der Waals surface area contributed by atoms with Crippen molar-refractivity contribution in [1.82, 2.24) is 0 Å². The van der Waals surface area contributed by atoms with Crippen molar-refractivity contribution >= 4 is 6.08 Å². The van der Waals surface area contributed by atoms with Gasteiger partial charge in [0.25, 0.3) is 0 Å². The maximum Gasteiger partial charge on any atom is 0.124 e. The molecule has 1 aliphatic carbocycles. The second kappa shape index (κ2) is 6.92. The summed E-state index contributed by atoms with van der Waals surface area (Å²) < 4.78 is 0. The van der Waals surface area contributed by atoms with Crippen molar-refractivity contribution in [1.29, 1.82) is 0 Å². The molecule has 2 nitrogen and oxygen atoms in total. The Balaban J connectivity index is 1.91. The van der Waals surface area contributed by atoms with Crippen molar-refractivity contribution < 1.29 is 10.2 Å². The van der Waals surface area contributed by atoms with Crippen LogP contribution in [0.2, 0.25) is 0 Å². The van der Waals surface area contributed by atoms with E-state index in [1.54, 1.807) is 0 Å². The Hall–Kier alpha value is -2.06. The first-order chi connectivity index (χ1) is 12.2. The molecule has 0 bridgehead atoms. The number of allylic oxidation sites excluding steroid dienone is 1. The number of hydrogen-bond donors (Lipinski definition) is 2. The summed E-state index contributed by atoms with van der Waals surface area (Å²) in [5.41, 5.74) is 5.45. The van der Waals surface area contributed by atoms with Crippen molar-refractivity contribution in [2.45, 2.75) is 64.4 Å². The topological polar surface area (TPSA) is 40.5 Å². The number of aromatic hydroxyl groups is 1. The standard InChI is InChI=1S/C24H30O2/c1-23(2,3)20-14-18(22(26)19(15-20)16-25)11-13-24(4)12-7-9-17-8-5-6-10-21(17)24/h5-10,14-15,25-26H,11-13,16H2,1-4H3. The largest absolute Gasteiger partial charge is 0.507 e. The molecular formula is C24H30O2. The summed E-state index contributed by atoms with van der Waals surface area (Å²) in [6.07, 6.45) is 7.23. The highest BCUT2D eigenvalue weighted by molar-refractivity contribution is 5.59. The summed E-state index contributed by atoms with van der Waals surface area (Å²) in [6.45, 7) is 8.66. The van der Waals surface area contributed by atoms with E-state index < -0.39 is 0 Å². The minimum atomic E-state index is -0.133. The SMILES string of the molecule is CC(C)(C)c1cc(CO)c(O)c(CCC2(C)CC=Cc3ccccc32)c1. The molecule has 1 aliphatic rings. The van der Waals surface area contributed by atoms with Crippen LogP contribution in [0.4, 0.5) is 0 Å². The van der Waals surface area contributed by atoms with Gasteiger partial charge in [0, 0.05) is 5.56 Å². The molecule has 138 valence electrons. The average molecular weight is 351 g/mol. The number of rotatable bonds is 4. The second-order valence-corrected chi connectivity index (χ2v) is 8.81. The van der Waals surface area contributed by atoms with Crippen molar-refractivity contribution in [3.05, 3.63) is 70.3 Å². The molecule has 0 aliphatic heterocycles. The minimum Gasteiger partial charge on any atom is -0.507 e. The van der Waals surface area contributed by atoms with Gasteiger partial charge in [-0.2, -0.15) is 0 Å². The number of aryl methyl sites for hydroxylation is 1. The first kappa shape index (κ1) is 18.7. The fourth-order valence-electron chi connectivity index (χ4n) is 3.90. The molecular weight excluding hydrogens is 320 g/mol. The smallest absolute Gasteiger partial charge is 0.124 e. The lowest BCUT2D eigenvalue weighted by Gasteiger charge is -2.34. The highest BCUT2D eigenvalue weighted by atomic mass is 16.3. The molecule has 26 heavy (non-hydrogen) atoms. The molecule has 3 rings (SSSR count). The van der Waals surface area contributed by atoms with Crippen LogP contribution in [0.25, 0.3) is 6.08 Å². The number of aliphatic hydroxyl groups excluding tert-OH is 1. The second-order valence-electron chi connectivity index (χ2n) is 8.81. The number of phenols is 1. The van der Waals surface area contributed by atoms with E-state index in [2.05, 4.69) is 70.2 Å². The fourth-order valence-corrected chi connectivity index (χ4v) is 3.90. The highest BCUT2D eigenvalue weighted by Gasteiger charge is 2.30. The van der Waals surface area contributed by atoms with Gasteiger partial charge in [0.1, 0.15) is 5.75 Å². The van der Waals surface area contributed by atoms with Crippen LogP contribution in [-0.4, -0.2) is 10.2 Å². The zero-order valence-electron chi connectivity index (χ0n) is 16.3. The van der Waals surface area contributed by atoms with Gasteiger partial charge in [-0.15, -0.1) is 0 Å². The predicted octanol–water partition coefficient (Wildman–Crippen LogP) is 5.49. The Morgan fingerprint density at radius 3 is 2.46 bits per heavy atom. The quantitative estimate of drug-likeness (QED) is 0.765. The van der Waals surface area contributed by atoms with E-state index in [9.17, 15) is 10.2 Å². The Kier molecular flexibility index (Phi) is 4.98. The van der Waals surface area contributed by atoms with Gasteiger partial charge in [-0.05, 0) is 58.4 Å². The monoisotopic (exact) mass is 350 g/mol. The Labute approximate surface area is 157 Å². The summed E-state index contributed by atoms with van der Waals surface area (Å²) in [4.78, 5) is 0. The Morgan fingerprint density at radius 1 is 1.08 bits per heavy atom. The number of fused-ring (bicyclic) bond motifs is 1. The van der Waals surface area contributed by atoms with Gasteiger partial charge < -0.3 is 10.2 Å². The molecule has 0 heterocycles. The molecule has 1 atom stereocenters. The van der Waals surface area contributed by atoms with Crippen molar-refractivity contribution in [3.8, 4) is 5.75 Å². The Morgan fingerprint density at radius 2 is 1.77 bits per heavy atom. The van der Waals surface area contributed by atoms with Gasteiger partial charge in [0.2, 0.25) is 0 Å². The molecule has 0 fully saturated rings. The zero-order chi connectivity index (χ0) is 18.9. The molecule has 0 amide bonds. The van der Waals surface area contributed by atoms with Gasteiger partial charge in [-0.1, -0.05) is 70.2 Å². The van der Waals surface area contributed by atoms with Gasteiger partial charge in [-0.25, -0.2) is 0 Å². The molecule has 2 heteroatoms. The maximum atomic E-state index is 10.6. The number of benzene rings is 2. The summed E-state index contributed by atoms with van der Waals surface area (Å²) in [7, 11) is 0. The molecule has 0 spiro atoms. The number of aliphatic hydroxyl groups is 1. The maximum absolute atomic E-state index is 10.6. The predicted molar refractivity (Wildman–Crippen MR) is 108 cm³/mol. The van der Waals surface area contributed by atoms with E-state index in [0.717, 1.165) is 30.4 Å². The molecule has 2 aromatic carbocycles. The van der Waals surface area contributed by atoms with Crippen LogP contribution >= 0.6 is 0 Å². The third kappa shape index (κ3) is 3.57. The number of hydrogen-bond acceptors (Lipinski definition) is 2. The molecule has 0 saturated heterocycles. The van der Waals surface area contributed by atoms with E-state index >= 15 is 0 Å². The lowest BCUT2D eigenvalue weighted by molar-refractivity contribution is 0.274. The summed E-state index contributed by atoms with van der Waals surface area (Å²) in [6, 6.07) is 12.6. The zero-order valence-corrected chi connectivity index (χ0v) is 16.3. The molecule has 0 saturated carbocycles. The summed E-state index contributed by atoms with van der Waals surface area (Å²) >= 11 is 0. The van der Waals surface area contributed by atoms with E-state index in [-0.39, 0.29) is 23.2 Å². The highest BCUT2D eigenvalue weighted by Crippen LogP contribution is 2.40. The molecule has 2 aromatic rings. The molecule has 0 radical (unpaired) electrons. The summed E-state index contributed by atoms with van der Waals surface area (Å²) in [5.74, 6) is 0.253. The van der Waals surface area contributed by atoms with E-state index in [4.69, 9.17) is 0 Å². The van der Waals surface area contributed by atoms with Crippen LogP contribution in [0, 0.1) is 0 Å². The van der Waals surface area contributed by atoms with E-state index in [0.29, 0.717) is 5.56 Å². The Bertz CT molecular complexity index is 827. The van der Waals surface area contributed by atoms with E-state index in [1.807, 2.05) is 6.07 Å². The first-order valence-electron chi connectivity index (χ1n) is 9.47. The van der Waals surface area contributed by atoms with Crippen LogP contribution in [0.1, 0.15) is 68.4 Å². The lowest BCUT2D eigenvalue weighted by Crippen LogP contribution is -2.25. The van der Waals surface area contributed by atoms with Gasteiger partial charge in [-0.3, -0.25) is 0 Å². The minimum absolute atomic E-state index is 0.0174. The molecule has 0 aromatic heterocycles. The average Bonchev–Trinajstić information content (AvgIpc) is 2.60. The van der Waals surface area contributed by atoms with Gasteiger partial charge in [0.05, 0.1) is 6.61 Å². The van der Waals surface area contributed by atoms with Crippen LogP contribution in [0.5, 0.6) is 5.75 Å². The van der Waals surface area contributed by atoms with Crippen LogP contribution < -0.4 is 0 Å². The van der Waals surface area contributed by atoms with Crippen LogP contribution in [0.3, 0.4) is 0 Å². The van der Waals surface area contributed by atoms with Crippen LogP contribution in [-0.2, 0) is 23.9 Å². The molecule has 2 N–H and O–H groups in total. The van der Waals surface area contributed by atoms with Gasteiger partial charge >= 0.3 is 0 Å².